The lowest BCUT2D eigenvalue weighted by Crippen LogP contribution is -2.53. The predicted molar refractivity (Wildman–Crippen MR) is 170 cm³/mol. The molecule has 8 heteroatoms. The maximum absolute atomic E-state index is 14.0. The molecular weight excluding hydrogens is 554 g/mol. The number of hydrogen-bond donors (Lipinski definition) is 4. The normalized spacial score (nSPS) is 12.1. The van der Waals surface area contributed by atoms with Gasteiger partial charge >= 0.3 is 6.09 Å². The van der Waals surface area contributed by atoms with Gasteiger partial charge in [-0.25, -0.2) is 4.79 Å². The molecule has 1 atom stereocenters. The number of aromatic hydroxyl groups is 1. The third-order valence-corrected chi connectivity index (χ3v) is 6.97. The molecule has 4 N–H and O–H groups in total. The minimum atomic E-state index is -1.21. The van der Waals surface area contributed by atoms with Gasteiger partial charge < -0.3 is 25.8 Å². The molecule has 0 spiro atoms. The van der Waals surface area contributed by atoms with Gasteiger partial charge in [0.25, 0.3) is 0 Å². The highest BCUT2D eigenvalue weighted by Crippen LogP contribution is 2.37. The van der Waals surface area contributed by atoms with E-state index in [2.05, 4.69) is 16.0 Å². The third kappa shape index (κ3) is 8.47. The third-order valence-electron chi connectivity index (χ3n) is 6.97. The number of benzene rings is 4. The molecule has 44 heavy (non-hydrogen) atoms. The van der Waals surface area contributed by atoms with E-state index in [1.54, 1.807) is 39.0 Å². The van der Waals surface area contributed by atoms with Crippen LogP contribution in [0.15, 0.2) is 115 Å². The molecule has 0 saturated carbocycles. The Morgan fingerprint density at radius 2 is 1.27 bits per heavy atom. The second-order valence-corrected chi connectivity index (χ2v) is 11.5. The summed E-state index contributed by atoms with van der Waals surface area (Å²) in [5.74, 6) is -0.852. The van der Waals surface area contributed by atoms with Gasteiger partial charge in [0.05, 0.1) is 6.42 Å². The molecule has 0 aromatic heterocycles. The molecule has 0 radical (unpaired) electrons. The van der Waals surface area contributed by atoms with Crippen LogP contribution in [0.5, 0.6) is 5.75 Å². The largest absolute Gasteiger partial charge is 0.508 e. The molecule has 0 saturated heterocycles. The standard InChI is InChI=1S/C36H39N3O5/c1-35(2,3)44-34(43)38-31(33(42)37-23-22-26-14-13-21-30(40)24-26)25-32(41)39-36(27-15-7-4-8-16-27,28-17-9-5-10-18-28)29-19-11-6-12-20-29/h4-21,24,31,40H,22-23,25H2,1-3H3,(H,37,42)(H,38,43)(H,39,41). The van der Waals surface area contributed by atoms with Gasteiger partial charge in [0, 0.05) is 6.54 Å². The van der Waals surface area contributed by atoms with Crippen LogP contribution in [-0.2, 0) is 26.3 Å². The van der Waals surface area contributed by atoms with Gasteiger partial charge in [0.2, 0.25) is 11.8 Å². The lowest BCUT2D eigenvalue weighted by atomic mass is 9.77. The molecule has 0 heterocycles. The Labute approximate surface area is 258 Å². The quantitative estimate of drug-likeness (QED) is 0.173. The Hall–Kier alpha value is -5.11. The fourth-order valence-corrected chi connectivity index (χ4v) is 5.05. The zero-order valence-electron chi connectivity index (χ0n) is 25.2. The highest BCUT2D eigenvalue weighted by molar-refractivity contribution is 5.91. The second kappa shape index (κ2) is 14.4. The predicted octanol–water partition coefficient (Wildman–Crippen LogP) is 5.44. The van der Waals surface area contributed by atoms with Gasteiger partial charge in [-0.15, -0.1) is 0 Å². The van der Waals surface area contributed by atoms with Crippen molar-refractivity contribution in [3.63, 3.8) is 0 Å². The van der Waals surface area contributed by atoms with E-state index in [0.29, 0.717) is 6.42 Å². The fraction of sp³-hybridized carbons (Fsp3) is 0.250. The van der Waals surface area contributed by atoms with E-state index >= 15 is 0 Å². The smallest absolute Gasteiger partial charge is 0.408 e. The van der Waals surface area contributed by atoms with E-state index in [-0.39, 0.29) is 18.7 Å². The van der Waals surface area contributed by atoms with Crippen molar-refractivity contribution in [3.05, 3.63) is 138 Å². The molecule has 0 bridgehead atoms. The van der Waals surface area contributed by atoms with Crippen molar-refractivity contribution < 1.29 is 24.2 Å². The molecule has 0 aliphatic rings. The van der Waals surface area contributed by atoms with Gasteiger partial charge in [0.15, 0.2) is 0 Å². The number of phenols is 1. The van der Waals surface area contributed by atoms with Crippen molar-refractivity contribution in [2.24, 2.45) is 0 Å². The first-order valence-corrected chi connectivity index (χ1v) is 14.6. The highest BCUT2D eigenvalue weighted by Gasteiger charge is 2.39. The van der Waals surface area contributed by atoms with E-state index in [1.807, 2.05) is 97.1 Å². The summed E-state index contributed by atoms with van der Waals surface area (Å²) in [6, 6.07) is 34.4. The number of carbonyl (C=O) groups is 3. The summed E-state index contributed by atoms with van der Waals surface area (Å²) >= 11 is 0. The van der Waals surface area contributed by atoms with Gasteiger partial charge in [-0.3, -0.25) is 9.59 Å². The van der Waals surface area contributed by atoms with E-state index in [4.69, 9.17) is 4.74 Å². The summed E-state index contributed by atoms with van der Waals surface area (Å²) in [4.78, 5) is 40.1. The minimum absolute atomic E-state index is 0.133. The summed E-state index contributed by atoms with van der Waals surface area (Å²) in [5, 5.41) is 18.4. The maximum atomic E-state index is 14.0. The average Bonchev–Trinajstić information content (AvgIpc) is 3.00. The molecule has 0 aliphatic carbocycles. The van der Waals surface area contributed by atoms with Crippen LogP contribution in [0.25, 0.3) is 0 Å². The number of nitrogens with one attached hydrogen (secondary N) is 3. The SMILES string of the molecule is CC(C)(C)OC(=O)NC(CC(=O)NC(c1ccccc1)(c1ccccc1)c1ccccc1)C(=O)NCCc1cccc(O)c1. The van der Waals surface area contributed by atoms with Crippen LogP contribution in [0.2, 0.25) is 0 Å². The molecule has 0 fully saturated rings. The van der Waals surface area contributed by atoms with E-state index in [0.717, 1.165) is 22.3 Å². The number of alkyl carbamates (subject to hydrolysis) is 1. The van der Waals surface area contributed by atoms with Crippen LogP contribution in [0.1, 0.15) is 49.4 Å². The zero-order chi connectivity index (χ0) is 31.6. The van der Waals surface area contributed by atoms with Crippen LogP contribution in [0, 0.1) is 0 Å². The summed E-state index contributed by atoms with van der Waals surface area (Å²) in [6.07, 6.45) is -0.699. The molecule has 4 aromatic carbocycles. The number of rotatable bonds is 11. The Morgan fingerprint density at radius 3 is 1.75 bits per heavy atom. The Kier molecular flexibility index (Phi) is 10.4. The molecule has 3 amide bonds. The van der Waals surface area contributed by atoms with Crippen molar-refractivity contribution in [2.45, 2.75) is 50.8 Å². The first-order chi connectivity index (χ1) is 21.1. The number of amides is 3. The number of carbonyl (C=O) groups excluding carboxylic acids is 3. The summed E-state index contributed by atoms with van der Waals surface area (Å²) in [6.45, 7) is 5.39. The average molecular weight is 594 g/mol. The van der Waals surface area contributed by atoms with Crippen molar-refractivity contribution in [1.82, 2.24) is 16.0 Å². The van der Waals surface area contributed by atoms with Crippen LogP contribution >= 0.6 is 0 Å². The van der Waals surface area contributed by atoms with E-state index in [9.17, 15) is 19.5 Å². The zero-order valence-corrected chi connectivity index (χ0v) is 25.2. The minimum Gasteiger partial charge on any atom is -0.508 e. The van der Waals surface area contributed by atoms with Crippen molar-refractivity contribution in [3.8, 4) is 5.75 Å². The van der Waals surface area contributed by atoms with Crippen LogP contribution in [-0.4, -0.2) is 41.2 Å². The van der Waals surface area contributed by atoms with Crippen LogP contribution < -0.4 is 16.0 Å². The number of hydrogen-bond acceptors (Lipinski definition) is 5. The molecular formula is C36H39N3O5. The Bertz CT molecular complexity index is 1440. The molecule has 4 rings (SSSR count). The van der Waals surface area contributed by atoms with Gasteiger partial charge in [-0.2, -0.15) is 0 Å². The van der Waals surface area contributed by atoms with Crippen molar-refractivity contribution in [1.29, 1.82) is 0 Å². The summed E-state index contributed by atoms with van der Waals surface area (Å²) in [5.41, 5.74) is 1.45. The molecule has 4 aromatic rings. The van der Waals surface area contributed by atoms with E-state index < -0.39 is 35.1 Å². The Balaban J connectivity index is 1.62. The number of ether oxygens (including phenoxy) is 1. The molecule has 1 unspecified atom stereocenters. The number of phenolic OH excluding ortho intramolecular Hbond substituents is 1. The first-order valence-electron chi connectivity index (χ1n) is 14.6. The van der Waals surface area contributed by atoms with Crippen molar-refractivity contribution >= 4 is 17.9 Å². The van der Waals surface area contributed by atoms with Crippen molar-refractivity contribution in [2.75, 3.05) is 6.54 Å². The molecule has 228 valence electrons. The highest BCUT2D eigenvalue weighted by atomic mass is 16.6. The fourth-order valence-electron chi connectivity index (χ4n) is 5.05. The lowest BCUT2D eigenvalue weighted by molar-refractivity contribution is -0.129. The lowest BCUT2D eigenvalue weighted by Gasteiger charge is -2.37. The molecule has 0 aliphatic heterocycles. The maximum Gasteiger partial charge on any atom is 0.408 e. The van der Waals surface area contributed by atoms with Gasteiger partial charge in [0.1, 0.15) is 22.9 Å². The van der Waals surface area contributed by atoms with Gasteiger partial charge in [-0.05, 0) is 61.6 Å². The summed E-state index contributed by atoms with van der Waals surface area (Å²) in [7, 11) is 0. The summed E-state index contributed by atoms with van der Waals surface area (Å²) < 4.78 is 5.41. The monoisotopic (exact) mass is 593 g/mol. The topological polar surface area (TPSA) is 117 Å². The first kappa shape index (κ1) is 31.8. The van der Waals surface area contributed by atoms with Crippen LogP contribution in [0.4, 0.5) is 4.79 Å². The Morgan fingerprint density at radius 1 is 0.750 bits per heavy atom. The molecule has 8 nitrogen and oxygen atoms in total. The van der Waals surface area contributed by atoms with Gasteiger partial charge in [-0.1, -0.05) is 103 Å². The second-order valence-electron chi connectivity index (χ2n) is 11.5. The van der Waals surface area contributed by atoms with E-state index in [1.165, 1.54) is 0 Å². The van der Waals surface area contributed by atoms with Crippen LogP contribution in [0.3, 0.4) is 0 Å².